The number of thiazole rings is 1. The lowest BCUT2D eigenvalue weighted by Gasteiger charge is -2.06. The number of nitrogens with one attached hydrogen (secondary N) is 2. The summed E-state index contributed by atoms with van der Waals surface area (Å²) in [6.07, 6.45) is 0. The Morgan fingerprint density at radius 1 is 1.50 bits per heavy atom. The van der Waals surface area contributed by atoms with Crippen molar-refractivity contribution in [1.29, 1.82) is 0 Å². The second kappa shape index (κ2) is 5.50. The van der Waals surface area contributed by atoms with Crippen LogP contribution < -0.4 is 16.4 Å². The van der Waals surface area contributed by atoms with Crippen LogP contribution in [0.2, 0.25) is 0 Å². The topological polar surface area (TPSA) is 80.0 Å². The van der Waals surface area contributed by atoms with Crippen LogP contribution in [0.25, 0.3) is 0 Å². The maximum absolute atomic E-state index is 11.6. The Kier molecular flexibility index (Phi) is 3.78. The number of anilines is 2. The number of rotatable bonds is 3. The summed E-state index contributed by atoms with van der Waals surface area (Å²) >= 11 is 1.56. The first-order valence-electron chi connectivity index (χ1n) is 5.45. The molecule has 0 radical (unpaired) electrons. The van der Waals surface area contributed by atoms with Crippen molar-refractivity contribution in [2.45, 2.75) is 13.5 Å². The molecule has 0 saturated carbocycles. The molecule has 0 spiro atoms. The molecular formula is C12H14N4OS. The third-order valence-corrected chi connectivity index (χ3v) is 3.06. The SMILES string of the molecule is Cc1nc(CNC(=O)Nc2cccc(N)c2)cs1. The first-order valence-corrected chi connectivity index (χ1v) is 6.33. The van der Waals surface area contributed by atoms with Crippen LogP contribution in [0, 0.1) is 6.92 Å². The fourth-order valence-corrected chi connectivity index (χ4v) is 2.06. The largest absolute Gasteiger partial charge is 0.399 e. The van der Waals surface area contributed by atoms with Gasteiger partial charge in [0.05, 0.1) is 17.2 Å². The quantitative estimate of drug-likeness (QED) is 0.743. The van der Waals surface area contributed by atoms with Crippen LogP contribution in [-0.4, -0.2) is 11.0 Å². The molecule has 1 heterocycles. The van der Waals surface area contributed by atoms with Gasteiger partial charge in [0.15, 0.2) is 0 Å². The Labute approximate surface area is 109 Å². The van der Waals surface area contributed by atoms with E-state index in [-0.39, 0.29) is 6.03 Å². The average molecular weight is 262 g/mol. The number of hydrogen-bond acceptors (Lipinski definition) is 4. The smallest absolute Gasteiger partial charge is 0.319 e. The van der Waals surface area contributed by atoms with Crippen LogP contribution in [0.4, 0.5) is 16.2 Å². The van der Waals surface area contributed by atoms with E-state index in [9.17, 15) is 4.79 Å². The molecule has 2 amide bonds. The molecule has 1 aromatic carbocycles. The maximum atomic E-state index is 11.6. The van der Waals surface area contributed by atoms with E-state index in [0.29, 0.717) is 17.9 Å². The van der Waals surface area contributed by atoms with Crippen molar-refractivity contribution in [3.8, 4) is 0 Å². The van der Waals surface area contributed by atoms with E-state index < -0.39 is 0 Å². The zero-order valence-corrected chi connectivity index (χ0v) is 10.8. The van der Waals surface area contributed by atoms with Gasteiger partial charge in [-0.25, -0.2) is 9.78 Å². The minimum atomic E-state index is -0.272. The predicted octanol–water partition coefficient (Wildman–Crippen LogP) is 2.36. The lowest BCUT2D eigenvalue weighted by molar-refractivity contribution is 0.251. The summed E-state index contributed by atoms with van der Waals surface area (Å²) in [5, 5.41) is 8.35. The van der Waals surface area contributed by atoms with Crippen LogP contribution in [0.3, 0.4) is 0 Å². The maximum Gasteiger partial charge on any atom is 0.319 e. The Morgan fingerprint density at radius 3 is 3.00 bits per heavy atom. The van der Waals surface area contributed by atoms with Gasteiger partial charge in [-0.1, -0.05) is 6.07 Å². The molecule has 4 N–H and O–H groups in total. The monoisotopic (exact) mass is 262 g/mol. The third-order valence-electron chi connectivity index (χ3n) is 2.24. The van der Waals surface area contributed by atoms with Crippen LogP contribution in [-0.2, 0) is 6.54 Å². The van der Waals surface area contributed by atoms with Gasteiger partial charge in [-0.15, -0.1) is 11.3 Å². The Bertz CT molecular complexity index is 553. The summed E-state index contributed by atoms with van der Waals surface area (Å²) < 4.78 is 0. The highest BCUT2D eigenvalue weighted by atomic mass is 32.1. The van der Waals surface area contributed by atoms with E-state index in [0.717, 1.165) is 10.7 Å². The molecule has 0 aliphatic heterocycles. The fraction of sp³-hybridized carbons (Fsp3) is 0.167. The highest BCUT2D eigenvalue weighted by Crippen LogP contribution is 2.11. The van der Waals surface area contributed by atoms with Crippen molar-refractivity contribution in [3.63, 3.8) is 0 Å². The molecule has 0 fully saturated rings. The van der Waals surface area contributed by atoms with Crippen LogP contribution in [0.15, 0.2) is 29.6 Å². The molecule has 2 aromatic rings. The summed E-state index contributed by atoms with van der Waals surface area (Å²) in [6.45, 7) is 2.35. The summed E-state index contributed by atoms with van der Waals surface area (Å²) in [4.78, 5) is 15.9. The normalized spacial score (nSPS) is 10.1. The standard InChI is InChI=1S/C12H14N4OS/c1-8-15-11(7-18-8)6-14-12(17)16-10-4-2-3-9(13)5-10/h2-5,7H,6,13H2,1H3,(H2,14,16,17). The zero-order chi connectivity index (χ0) is 13.0. The number of hydrogen-bond donors (Lipinski definition) is 3. The van der Waals surface area contributed by atoms with E-state index in [1.165, 1.54) is 0 Å². The van der Waals surface area contributed by atoms with Gasteiger partial charge in [-0.3, -0.25) is 0 Å². The Hall–Kier alpha value is -2.08. The summed E-state index contributed by atoms with van der Waals surface area (Å²) in [5.74, 6) is 0. The molecule has 0 aliphatic carbocycles. The van der Waals surface area contributed by atoms with Gasteiger partial charge >= 0.3 is 6.03 Å². The number of aryl methyl sites for hydroxylation is 1. The molecule has 94 valence electrons. The van der Waals surface area contributed by atoms with Crippen molar-refractivity contribution in [1.82, 2.24) is 10.3 Å². The first-order chi connectivity index (χ1) is 8.63. The highest BCUT2D eigenvalue weighted by molar-refractivity contribution is 7.09. The third kappa shape index (κ3) is 3.46. The molecule has 0 unspecified atom stereocenters. The highest BCUT2D eigenvalue weighted by Gasteiger charge is 2.03. The summed E-state index contributed by atoms with van der Waals surface area (Å²) in [7, 11) is 0. The van der Waals surface area contributed by atoms with Gasteiger partial charge < -0.3 is 16.4 Å². The predicted molar refractivity (Wildman–Crippen MR) is 73.6 cm³/mol. The first kappa shape index (κ1) is 12.4. The van der Waals surface area contributed by atoms with Crippen LogP contribution in [0.5, 0.6) is 0 Å². The summed E-state index contributed by atoms with van der Waals surface area (Å²) in [6, 6.07) is 6.76. The van der Waals surface area contributed by atoms with Crippen molar-refractivity contribution in [3.05, 3.63) is 40.3 Å². The zero-order valence-electron chi connectivity index (χ0n) is 9.93. The number of amides is 2. The molecule has 2 rings (SSSR count). The van der Waals surface area contributed by atoms with E-state index >= 15 is 0 Å². The minimum absolute atomic E-state index is 0.272. The number of aromatic nitrogens is 1. The van der Waals surface area contributed by atoms with Gasteiger partial charge in [0, 0.05) is 16.8 Å². The van der Waals surface area contributed by atoms with Crippen LogP contribution >= 0.6 is 11.3 Å². The van der Waals surface area contributed by atoms with E-state index in [4.69, 9.17) is 5.73 Å². The second-order valence-electron chi connectivity index (χ2n) is 3.79. The van der Waals surface area contributed by atoms with Gasteiger partial charge in [0.2, 0.25) is 0 Å². The molecule has 5 nitrogen and oxygen atoms in total. The van der Waals surface area contributed by atoms with Gasteiger partial charge in [0.25, 0.3) is 0 Å². The lowest BCUT2D eigenvalue weighted by Crippen LogP contribution is -2.28. The van der Waals surface area contributed by atoms with E-state index in [1.54, 1.807) is 35.6 Å². The Morgan fingerprint density at radius 2 is 2.33 bits per heavy atom. The number of benzene rings is 1. The minimum Gasteiger partial charge on any atom is -0.399 e. The average Bonchev–Trinajstić information content (AvgIpc) is 2.73. The van der Waals surface area contributed by atoms with Gasteiger partial charge in [-0.05, 0) is 25.1 Å². The molecule has 0 saturated heterocycles. The molecule has 0 atom stereocenters. The number of nitrogens with two attached hydrogens (primary N) is 1. The number of carbonyl (C=O) groups is 1. The second-order valence-corrected chi connectivity index (χ2v) is 4.85. The van der Waals surface area contributed by atoms with E-state index in [1.807, 2.05) is 12.3 Å². The number of nitrogens with zero attached hydrogens (tertiary/aromatic N) is 1. The number of carbonyl (C=O) groups excluding carboxylic acids is 1. The molecule has 6 heteroatoms. The van der Waals surface area contributed by atoms with Crippen molar-refractivity contribution in [2.75, 3.05) is 11.1 Å². The lowest BCUT2D eigenvalue weighted by atomic mass is 10.3. The van der Waals surface area contributed by atoms with Crippen molar-refractivity contribution < 1.29 is 4.79 Å². The van der Waals surface area contributed by atoms with Gasteiger partial charge in [-0.2, -0.15) is 0 Å². The number of urea groups is 1. The van der Waals surface area contributed by atoms with Crippen molar-refractivity contribution >= 4 is 28.7 Å². The fourth-order valence-electron chi connectivity index (χ4n) is 1.45. The molecule has 1 aromatic heterocycles. The van der Waals surface area contributed by atoms with Gasteiger partial charge in [0.1, 0.15) is 0 Å². The van der Waals surface area contributed by atoms with Crippen LogP contribution in [0.1, 0.15) is 10.7 Å². The summed E-state index contributed by atoms with van der Waals surface area (Å²) in [5.41, 5.74) is 7.77. The molecule has 0 bridgehead atoms. The Balaban J connectivity index is 1.85. The molecular weight excluding hydrogens is 248 g/mol. The molecule has 0 aliphatic rings. The van der Waals surface area contributed by atoms with E-state index in [2.05, 4.69) is 15.6 Å². The van der Waals surface area contributed by atoms with Crippen molar-refractivity contribution in [2.24, 2.45) is 0 Å². The molecule has 18 heavy (non-hydrogen) atoms. The number of nitrogen functional groups attached to an aromatic ring is 1.